The van der Waals surface area contributed by atoms with E-state index in [1.807, 2.05) is 19.9 Å². The molecule has 0 saturated heterocycles. The lowest BCUT2D eigenvalue weighted by Gasteiger charge is -2.35. The lowest BCUT2D eigenvalue weighted by molar-refractivity contribution is -0.0539. The summed E-state index contributed by atoms with van der Waals surface area (Å²) >= 11 is 0. The van der Waals surface area contributed by atoms with Crippen LogP contribution in [0.2, 0.25) is 0 Å². The SMILES string of the molecule is C=C(Cc1cc2ccccc2[nH]1)[C@H]1CC[C@@](C)(O)[C@H]2CC[C@](C)(O)[C@H]2C1. The Morgan fingerprint density at radius 1 is 1.12 bits per heavy atom. The number of aromatic nitrogens is 1. The number of fused-ring (bicyclic) bond motifs is 2. The maximum absolute atomic E-state index is 11.0. The fourth-order valence-corrected chi connectivity index (χ4v) is 5.49. The van der Waals surface area contributed by atoms with Crippen molar-refractivity contribution in [2.75, 3.05) is 0 Å². The predicted octanol–water partition coefficient (Wildman–Crippen LogP) is 4.59. The van der Waals surface area contributed by atoms with Crippen molar-refractivity contribution in [2.45, 2.75) is 63.6 Å². The summed E-state index contributed by atoms with van der Waals surface area (Å²) in [4.78, 5) is 3.50. The number of hydrogen-bond donors (Lipinski definition) is 3. The molecule has 140 valence electrons. The van der Waals surface area contributed by atoms with Crippen molar-refractivity contribution in [2.24, 2.45) is 17.8 Å². The molecule has 0 unspecified atom stereocenters. The van der Waals surface area contributed by atoms with Gasteiger partial charge in [0.05, 0.1) is 11.2 Å². The molecule has 1 aromatic heterocycles. The first-order valence-electron chi connectivity index (χ1n) is 9.95. The van der Waals surface area contributed by atoms with Gasteiger partial charge in [-0.3, -0.25) is 0 Å². The van der Waals surface area contributed by atoms with Crippen LogP contribution < -0.4 is 0 Å². The second kappa shape index (κ2) is 6.24. The molecule has 5 atom stereocenters. The van der Waals surface area contributed by atoms with Crippen LogP contribution >= 0.6 is 0 Å². The molecule has 0 aliphatic heterocycles. The summed E-state index contributed by atoms with van der Waals surface area (Å²) in [7, 11) is 0. The smallest absolute Gasteiger partial charge is 0.0651 e. The Bertz CT molecular complexity index is 783. The van der Waals surface area contributed by atoms with Gasteiger partial charge in [0.2, 0.25) is 0 Å². The molecule has 2 aromatic rings. The van der Waals surface area contributed by atoms with Crippen LogP contribution in [-0.4, -0.2) is 26.4 Å². The highest BCUT2D eigenvalue weighted by Gasteiger charge is 2.52. The molecule has 2 aliphatic carbocycles. The summed E-state index contributed by atoms with van der Waals surface area (Å²) in [6.45, 7) is 8.33. The van der Waals surface area contributed by atoms with Crippen molar-refractivity contribution in [3.8, 4) is 0 Å². The normalized spacial score (nSPS) is 37.5. The molecule has 2 saturated carbocycles. The van der Waals surface area contributed by atoms with Crippen LogP contribution in [0.5, 0.6) is 0 Å². The zero-order valence-corrected chi connectivity index (χ0v) is 16.0. The third-order valence-electron chi connectivity index (χ3n) is 7.16. The number of H-pyrrole nitrogens is 1. The van der Waals surface area contributed by atoms with Crippen molar-refractivity contribution >= 4 is 10.9 Å². The molecular formula is C23H31NO2. The summed E-state index contributed by atoms with van der Waals surface area (Å²) in [5.41, 5.74) is 2.23. The molecule has 0 amide bonds. The van der Waals surface area contributed by atoms with E-state index in [0.717, 1.165) is 44.0 Å². The van der Waals surface area contributed by atoms with Gasteiger partial charge in [-0.15, -0.1) is 0 Å². The summed E-state index contributed by atoms with van der Waals surface area (Å²) in [6.07, 6.45) is 5.23. The van der Waals surface area contributed by atoms with Crippen molar-refractivity contribution in [3.05, 3.63) is 48.2 Å². The summed E-state index contributed by atoms with van der Waals surface area (Å²) < 4.78 is 0. The number of aromatic amines is 1. The van der Waals surface area contributed by atoms with Crippen molar-refractivity contribution in [3.63, 3.8) is 0 Å². The average molecular weight is 354 g/mol. The van der Waals surface area contributed by atoms with Crippen LogP contribution in [0.1, 0.15) is 51.6 Å². The molecular weight excluding hydrogens is 322 g/mol. The van der Waals surface area contributed by atoms with Crippen molar-refractivity contribution in [1.29, 1.82) is 0 Å². The second-order valence-electron chi connectivity index (χ2n) is 9.15. The Morgan fingerprint density at radius 3 is 2.58 bits per heavy atom. The Kier molecular flexibility index (Phi) is 4.28. The van der Waals surface area contributed by atoms with Crippen LogP contribution in [-0.2, 0) is 6.42 Å². The van der Waals surface area contributed by atoms with Crippen molar-refractivity contribution < 1.29 is 10.2 Å². The van der Waals surface area contributed by atoms with Gasteiger partial charge in [-0.25, -0.2) is 0 Å². The molecule has 1 heterocycles. The van der Waals surface area contributed by atoms with Crippen LogP contribution in [0, 0.1) is 17.8 Å². The van der Waals surface area contributed by atoms with Gasteiger partial charge in [-0.05, 0) is 81.2 Å². The van der Waals surface area contributed by atoms with Crippen LogP contribution in [0.4, 0.5) is 0 Å². The maximum Gasteiger partial charge on any atom is 0.0651 e. The number of para-hydroxylation sites is 1. The topological polar surface area (TPSA) is 56.2 Å². The minimum absolute atomic E-state index is 0.157. The predicted molar refractivity (Wildman–Crippen MR) is 106 cm³/mol. The van der Waals surface area contributed by atoms with Gasteiger partial charge in [0, 0.05) is 17.6 Å². The van der Waals surface area contributed by atoms with E-state index in [2.05, 4.69) is 35.8 Å². The molecule has 0 radical (unpaired) electrons. The number of hydrogen-bond acceptors (Lipinski definition) is 2. The molecule has 2 fully saturated rings. The van der Waals surface area contributed by atoms with Gasteiger partial charge in [-0.1, -0.05) is 30.4 Å². The molecule has 0 spiro atoms. The lowest BCUT2D eigenvalue weighted by Crippen LogP contribution is -2.40. The van der Waals surface area contributed by atoms with E-state index in [1.165, 1.54) is 16.7 Å². The van der Waals surface area contributed by atoms with Gasteiger partial charge >= 0.3 is 0 Å². The van der Waals surface area contributed by atoms with E-state index in [-0.39, 0.29) is 11.8 Å². The lowest BCUT2D eigenvalue weighted by atomic mass is 9.75. The highest BCUT2D eigenvalue weighted by Crippen LogP contribution is 2.53. The average Bonchev–Trinajstić information content (AvgIpc) is 3.06. The zero-order valence-electron chi connectivity index (χ0n) is 16.0. The Balaban J connectivity index is 1.54. The van der Waals surface area contributed by atoms with E-state index >= 15 is 0 Å². The number of aliphatic hydroxyl groups is 2. The third-order valence-corrected chi connectivity index (χ3v) is 7.16. The van der Waals surface area contributed by atoms with E-state index in [9.17, 15) is 10.2 Å². The molecule has 1 aromatic carbocycles. The summed E-state index contributed by atoms with van der Waals surface area (Å²) in [5, 5.41) is 23.1. The van der Waals surface area contributed by atoms with Gasteiger partial charge in [-0.2, -0.15) is 0 Å². The number of benzene rings is 1. The molecule has 0 bridgehead atoms. The standard InChI is InChI=1S/C23H31NO2/c1-15(12-18-13-17-6-4-5-7-21(17)24-18)16-8-10-22(2,25)19-9-11-23(3,26)20(19)14-16/h4-7,13,16,19-20,24-26H,1,8-12,14H2,2-3H3/t16-,19-,20-,22+,23-/m0/s1. The summed E-state index contributed by atoms with van der Waals surface area (Å²) in [6, 6.07) is 10.5. The molecule has 3 N–H and O–H groups in total. The Hall–Kier alpha value is -1.58. The minimum atomic E-state index is -0.679. The number of allylic oxidation sites excluding steroid dienone is 1. The molecule has 26 heavy (non-hydrogen) atoms. The molecule has 3 nitrogen and oxygen atoms in total. The Labute approximate surface area is 156 Å². The monoisotopic (exact) mass is 353 g/mol. The fraction of sp³-hybridized carbons (Fsp3) is 0.565. The highest BCUT2D eigenvalue weighted by atomic mass is 16.3. The maximum atomic E-state index is 11.0. The quantitative estimate of drug-likeness (QED) is 0.707. The first-order chi connectivity index (χ1) is 12.3. The Morgan fingerprint density at radius 2 is 1.81 bits per heavy atom. The fourth-order valence-electron chi connectivity index (χ4n) is 5.49. The van der Waals surface area contributed by atoms with Gasteiger partial charge in [0.15, 0.2) is 0 Å². The number of nitrogens with one attached hydrogen (secondary N) is 1. The van der Waals surface area contributed by atoms with Crippen LogP contribution in [0.15, 0.2) is 42.5 Å². The van der Waals surface area contributed by atoms with Crippen molar-refractivity contribution in [1.82, 2.24) is 4.98 Å². The third kappa shape index (κ3) is 3.12. The molecule has 3 heteroatoms. The first kappa shape index (κ1) is 17.8. The van der Waals surface area contributed by atoms with Crippen LogP contribution in [0.25, 0.3) is 10.9 Å². The largest absolute Gasteiger partial charge is 0.390 e. The first-order valence-corrected chi connectivity index (χ1v) is 9.95. The van der Waals surface area contributed by atoms with E-state index in [1.54, 1.807) is 0 Å². The van der Waals surface area contributed by atoms with Gasteiger partial charge < -0.3 is 15.2 Å². The number of rotatable bonds is 3. The van der Waals surface area contributed by atoms with E-state index in [4.69, 9.17) is 0 Å². The van der Waals surface area contributed by atoms with E-state index in [0.29, 0.717) is 5.92 Å². The minimum Gasteiger partial charge on any atom is -0.390 e. The molecule has 2 aliphatic rings. The second-order valence-corrected chi connectivity index (χ2v) is 9.15. The van der Waals surface area contributed by atoms with Gasteiger partial charge in [0.1, 0.15) is 0 Å². The zero-order chi connectivity index (χ0) is 18.5. The highest BCUT2D eigenvalue weighted by molar-refractivity contribution is 5.80. The summed E-state index contributed by atoms with van der Waals surface area (Å²) in [5.74, 6) is 0.709. The van der Waals surface area contributed by atoms with Gasteiger partial charge in [0.25, 0.3) is 0 Å². The van der Waals surface area contributed by atoms with Crippen LogP contribution in [0.3, 0.4) is 0 Å². The van der Waals surface area contributed by atoms with E-state index < -0.39 is 11.2 Å². The molecule has 4 rings (SSSR count).